The Balaban J connectivity index is 1.70. The van der Waals surface area contributed by atoms with E-state index in [9.17, 15) is 5.11 Å². The van der Waals surface area contributed by atoms with Crippen LogP contribution < -0.4 is 10.5 Å². The average molecular weight is 421 g/mol. The Morgan fingerprint density at radius 3 is 2.68 bits per heavy atom. The number of ether oxygens (including phenoxy) is 1. The van der Waals surface area contributed by atoms with Gasteiger partial charge in [0.2, 0.25) is 11.7 Å². The molecular weight excluding hydrogens is 392 g/mol. The van der Waals surface area contributed by atoms with Crippen LogP contribution in [0.25, 0.3) is 22.2 Å². The second kappa shape index (κ2) is 10.1. The zero-order valence-corrected chi connectivity index (χ0v) is 18.1. The predicted octanol–water partition coefficient (Wildman–Crippen LogP) is 4.11. The van der Waals surface area contributed by atoms with Crippen molar-refractivity contribution in [2.75, 3.05) is 6.61 Å². The molecule has 2 aromatic carbocycles. The number of aliphatic hydroxyl groups is 1. The molecule has 7 heteroatoms. The fraction of sp³-hybridized carbons (Fsp3) is 0.375. The van der Waals surface area contributed by atoms with Crippen LogP contribution >= 0.6 is 0 Å². The number of aliphatic hydroxyl groups excluding tert-OH is 1. The van der Waals surface area contributed by atoms with Gasteiger partial charge in [-0.2, -0.15) is 4.98 Å². The minimum absolute atomic E-state index is 0.182. The van der Waals surface area contributed by atoms with Crippen LogP contribution in [0.3, 0.4) is 0 Å². The maximum absolute atomic E-state index is 10.4. The summed E-state index contributed by atoms with van der Waals surface area (Å²) >= 11 is 0. The van der Waals surface area contributed by atoms with Crippen molar-refractivity contribution in [3.8, 4) is 29.0 Å². The van der Waals surface area contributed by atoms with Crippen LogP contribution in [0.2, 0.25) is 0 Å². The summed E-state index contributed by atoms with van der Waals surface area (Å²) in [4.78, 5) is 4.48. The number of amidine groups is 1. The highest BCUT2D eigenvalue weighted by molar-refractivity contribution is 5.94. The lowest BCUT2D eigenvalue weighted by atomic mass is 10.0. The molecule has 162 valence electrons. The number of hydrogen-bond acceptors (Lipinski definition) is 6. The van der Waals surface area contributed by atoms with Gasteiger partial charge in [-0.25, -0.2) is 0 Å². The topological polar surface area (TPSA) is 118 Å². The first-order chi connectivity index (χ1) is 14.8. The molecule has 31 heavy (non-hydrogen) atoms. The van der Waals surface area contributed by atoms with Crippen LogP contribution in [0.15, 0.2) is 40.9 Å². The Bertz CT molecular complexity index is 1110. The average Bonchev–Trinajstić information content (AvgIpc) is 3.24. The fourth-order valence-corrected chi connectivity index (χ4v) is 3.05. The second-order valence-electron chi connectivity index (χ2n) is 7.99. The van der Waals surface area contributed by atoms with Gasteiger partial charge in [0.05, 0.1) is 18.6 Å². The minimum Gasteiger partial charge on any atom is -0.493 e. The normalized spacial score (nSPS) is 12.9. The molecule has 0 bridgehead atoms. The first-order valence-corrected chi connectivity index (χ1v) is 10.3. The number of hydrogen-bond donors (Lipinski definition) is 3. The Morgan fingerprint density at radius 2 is 1.94 bits per heavy atom. The summed E-state index contributed by atoms with van der Waals surface area (Å²) in [5, 5.41) is 23.7. The molecule has 2 atom stereocenters. The number of aromatic nitrogens is 2. The van der Waals surface area contributed by atoms with E-state index in [0.717, 1.165) is 22.1 Å². The quantitative estimate of drug-likeness (QED) is 0.287. The molecule has 1 heterocycles. The first-order valence-electron chi connectivity index (χ1n) is 10.3. The molecule has 0 amide bonds. The molecule has 0 aliphatic carbocycles. The molecule has 0 saturated heterocycles. The Kier molecular flexibility index (Phi) is 7.27. The monoisotopic (exact) mass is 420 g/mol. The molecule has 4 N–H and O–H groups in total. The van der Waals surface area contributed by atoms with Crippen molar-refractivity contribution in [3.63, 3.8) is 0 Å². The van der Waals surface area contributed by atoms with E-state index in [4.69, 9.17) is 20.4 Å². The van der Waals surface area contributed by atoms with Crippen LogP contribution in [0, 0.1) is 23.2 Å². The molecule has 0 aliphatic rings. The van der Waals surface area contributed by atoms with Crippen molar-refractivity contribution < 1.29 is 14.4 Å². The summed E-state index contributed by atoms with van der Waals surface area (Å²) in [6, 6.07) is 12.0. The number of nitrogens with zero attached hydrogens (tertiary/aromatic N) is 2. The molecule has 0 radical (unpaired) electrons. The highest BCUT2D eigenvalue weighted by Gasteiger charge is 2.22. The highest BCUT2D eigenvalue weighted by atomic mass is 16.5. The number of nitrogens with one attached hydrogen (secondary N) is 1. The van der Waals surface area contributed by atoms with Crippen molar-refractivity contribution in [3.05, 3.63) is 42.3 Å². The molecule has 0 fully saturated rings. The molecule has 0 aliphatic heterocycles. The molecule has 0 saturated carbocycles. The van der Waals surface area contributed by atoms with Crippen LogP contribution in [0.1, 0.15) is 45.4 Å². The van der Waals surface area contributed by atoms with Gasteiger partial charge in [-0.15, -0.1) is 0 Å². The van der Waals surface area contributed by atoms with Gasteiger partial charge in [-0.3, -0.25) is 5.41 Å². The number of benzene rings is 2. The van der Waals surface area contributed by atoms with Crippen LogP contribution in [0.5, 0.6) is 5.75 Å². The van der Waals surface area contributed by atoms with E-state index in [0.29, 0.717) is 37.1 Å². The lowest BCUT2D eigenvalue weighted by molar-refractivity contribution is 0.126. The highest BCUT2D eigenvalue weighted by Crippen LogP contribution is 2.28. The Hall–Kier alpha value is -3.37. The first kappa shape index (κ1) is 22.3. The summed E-state index contributed by atoms with van der Waals surface area (Å²) in [5.41, 5.74) is 6.03. The summed E-state index contributed by atoms with van der Waals surface area (Å²) in [6.45, 7) is 6.76. The van der Waals surface area contributed by atoms with Crippen molar-refractivity contribution >= 4 is 16.6 Å². The molecular formula is C24H28N4O3. The smallest absolute Gasteiger partial charge is 0.232 e. The van der Waals surface area contributed by atoms with Gasteiger partial charge in [-0.1, -0.05) is 50.0 Å². The SMILES string of the molecule is CC(C)COc1ccc2cc(-c3noc([C@@H](C)[C@@H](O)CCC#CC(=N)N)n3)ccc2c1. The zero-order chi connectivity index (χ0) is 22.4. The summed E-state index contributed by atoms with van der Waals surface area (Å²) in [6.07, 6.45) is 0.172. The van der Waals surface area contributed by atoms with Gasteiger partial charge in [0.25, 0.3) is 0 Å². The van der Waals surface area contributed by atoms with E-state index >= 15 is 0 Å². The number of rotatable bonds is 8. The second-order valence-corrected chi connectivity index (χ2v) is 7.99. The largest absolute Gasteiger partial charge is 0.493 e. The van der Waals surface area contributed by atoms with Crippen LogP contribution in [-0.2, 0) is 0 Å². The van der Waals surface area contributed by atoms with Crippen molar-refractivity contribution in [2.24, 2.45) is 11.7 Å². The van der Waals surface area contributed by atoms with Gasteiger partial charge < -0.3 is 20.1 Å². The van der Waals surface area contributed by atoms with Gasteiger partial charge in [0.1, 0.15) is 5.75 Å². The molecule has 0 spiro atoms. The maximum atomic E-state index is 10.4. The van der Waals surface area contributed by atoms with E-state index in [-0.39, 0.29) is 11.8 Å². The minimum atomic E-state index is -0.685. The third kappa shape index (κ3) is 6.06. The standard InChI is InChI=1S/C24H28N4O3/c1-15(2)14-30-20-11-10-17-12-19(9-8-18(17)13-20)23-27-24(31-28-23)16(3)21(29)6-4-5-7-22(25)26/h8-13,15-16,21,29H,4,6,14H2,1-3H3,(H3,25,26)/t16-,21-/m0/s1. The van der Waals surface area contributed by atoms with Gasteiger partial charge in [-0.05, 0) is 47.2 Å². The number of nitrogens with two attached hydrogens (primary N) is 1. The van der Waals surface area contributed by atoms with E-state index < -0.39 is 6.10 Å². The summed E-state index contributed by atoms with van der Waals surface area (Å²) in [5.74, 6) is 6.89. The Morgan fingerprint density at radius 1 is 1.19 bits per heavy atom. The third-order valence-electron chi connectivity index (χ3n) is 4.85. The zero-order valence-electron chi connectivity index (χ0n) is 18.1. The molecule has 3 rings (SSSR count). The van der Waals surface area contributed by atoms with E-state index in [1.165, 1.54) is 0 Å². The van der Waals surface area contributed by atoms with E-state index in [1.807, 2.05) is 43.3 Å². The van der Waals surface area contributed by atoms with Crippen molar-refractivity contribution in [2.45, 2.75) is 45.6 Å². The Labute approximate surface area is 182 Å². The lowest BCUT2D eigenvalue weighted by Crippen LogP contribution is -2.16. The lowest BCUT2D eigenvalue weighted by Gasteiger charge is -2.13. The number of fused-ring (bicyclic) bond motifs is 1. The van der Waals surface area contributed by atoms with E-state index in [2.05, 4.69) is 35.8 Å². The predicted molar refractivity (Wildman–Crippen MR) is 121 cm³/mol. The summed E-state index contributed by atoms with van der Waals surface area (Å²) < 4.78 is 11.2. The van der Waals surface area contributed by atoms with Gasteiger partial charge >= 0.3 is 0 Å². The molecule has 1 aromatic heterocycles. The van der Waals surface area contributed by atoms with E-state index in [1.54, 1.807) is 0 Å². The molecule has 7 nitrogen and oxygen atoms in total. The third-order valence-corrected chi connectivity index (χ3v) is 4.85. The van der Waals surface area contributed by atoms with Crippen molar-refractivity contribution in [1.82, 2.24) is 10.1 Å². The van der Waals surface area contributed by atoms with Crippen LogP contribution in [-0.4, -0.2) is 33.8 Å². The summed E-state index contributed by atoms with van der Waals surface area (Å²) in [7, 11) is 0. The van der Waals surface area contributed by atoms with Crippen LogP contribution in [0.4, 0.5) is 0 Å². The maximum Gasteiger partial charge on any atom is 0.232 e. The van der Waals surface area contributed by atoms with Gasteiger partial charge in [0, 0.05) is 12.0 Å². The van der Waals surface area contributed by atoms with Gasteiger partial charge in [0.15, 0.2) is 5.84 Å². The molecule has 3 aromatic rings. The van der Waals surface area contributed by atoms with Crippen molar-refractivity contribution in [1.29, 1.82) is 5.41 Å². The fourth-order valence-electron chi connectivity index (χ4n) is 3.05. The molecule has 0 unspecified atom stereocenters.